The number of alkyl halides is 3. The van der Waals surface area contributed by atoms with Crippen LogP contribution in [-0.4, -0.2) is 31.3 Å². The van der Waals surface area contributed by atoms with Gasteiger partial charge in [0, 0.05) is 18.3 Å². The van der Waals surface area contributed by atoms with Crippen LogP contribution in [0.3, 0.4) is 0 Å². The summed E-state index contributed by atoms with van der Waals surface area (Å²) in [5, 5.41) is 8.20. The van der Waals surface area contributed by atoms with Crippen molar-refractivity contribution in [3.8, 4) is 11.5 Å². The van der Waals surface area contributed by atoms with Gasteiger partial charge in [-0.1, -0.05) is 0 Å². The maximum Gasteiger partial charge on any atom is 0.573 e. The van der Waals surface area contributed by atoms with Crippen molar-refractivity contribution in [1.29, 1.82) is 0 Å². The molecule has 0 saturated carbocycles. The van der Waals surface area contributed by atoms with Gasteiger partial charge in [0.1, 0.15) is 17.5 Å². The highest BCUT2D eigenvalue weighted by atomic mass is 19.4. The molecule has 3 N–H and O–H groups in total. The third kappa shape index (κ3) is 6.91. The molecule has 0 radical (unpaired) electrons. The van der Waals surface area contributed by atoms with E-state index < -0.39 is 18.3 Å². The van der Waals surface area contributed by atoms with Crippen LogP contribution in [0.25, 0.3) is 0 Å². The Kier molecular flexibility index (Phi) is 6.92. The lowest BCUT2D eigenvalue weighted by atomic mass is 10.2. The monoisotopic (exact) mass is 411 g/mol. The van der Waals surface area contributed by atoms with Crippen LogP contribution in [0.1, 0.15) is 13.8 Å². The van der Waals surface area contributed by atoms with Crippen LogP contribution in [0.2, 0.25) is 0 Å². The molecular weight excluding hydrogens is 391 g/mol. The minimum atomic E-state index is -4.78. The number of amides is 2. The first-order chi connectivity index (χ1) is 13.6. The van der Waals surface area contributed by atoms with Crippen LogP contribution < -0.4 is 25.4 Å². The molecule has 0 fully saturated rings. The summed E-state index contributed by atoms with van der Waals surface area (Å²) in [4.78, 5) is 23.6. The van der Waals surface area contributed by atoms with E-state index in [1.165, 1.54) is 26.2 Å². The zero-order valence-electron chi connectivity index (χ0n) is 15.9. The third-order valence-corrected chi connectivity index (χ3v) is 3.64. The second-order valence-electron chi connectivity index (χ2n) is 6.02. The summed E-state index contributed by atoms with van der Waals surface area (Å²) >= 11 is 0. The molecule has 0 aromatic heterocycles. The summed E-state index contributed by atoms with van der Waals surface area (Å²) in [5.74, 6) is -0.597. The van der Waals surface area contributed by atoms with E-state index >= 15 is 0 Å². The van der Waals surface area contributed by atoms with Gasteiger partial charge in [0.2, 0.25) is 11.8 Å². The molecule has 0 unspecified atom stereocenters. The Labute approximate surface area is 165 Å². The van der Waals surface area contributed by atoms with Crippen LogP contribution in [0, 0.1) is 0 Å². The Balaban J connectivity index is 2.04. The lowest BCUT2D eigenvalue weighted by molar-refractivity contribution is -0.274. The number of methoxy groups -OCH3 is 1. The molecule has 2 rings (SSSR count). The van der Waals surface area contributed by atoms with Crippen LogP contribution >= 0.6 is 0 Å². The molecule has 0 aliphatic heterocycles. The molecule has 0 bridgehead atoms. The second kappa shape index (κ2) is 9.18. The summed E-state index contributed by atoms with van der Waals surface area (Å²) in [6.45, 7) is 2.97. The SMILES string of the molecule is COc1ccc(NC(C)=O)cc1N[C@H](C)C(=O)Nc1ccc(OC(F)(F)F)cc1. The molecule has 0 saturated heterocycles. The molecule has 156 valence electrons. The van der Waals surface area contributed by atoms with Crippen molar-refractivity contribution in [3.63, 3.8) is 0 Å². The number of carbonyl (C=O) groups excluding carboxylic acids is 2. The van der Waals surface area contributed by atoms with Gasteiger partial charge < -0.3 is 25.4 Å². The van der Waals surface area contributed by atoms with Gasteiger partial charge in [-0.3, -0.25) is 9.59 Å². The fraction of sp³-hybridized carbons (Fsp3) is 0.263. The van der Waals surface area contributed by atoms with Crippen molar-refractivity contribution < 1.29 is 32.2 Å². The average molecular weight is 411 g/mol. The number of anilines is 3. The van der Waals surface area contributed by atoms with Gasteiger partial charge in [0.05, 0.1) is 12.8 Å². The second-order valence-corrected chi connectivity index (χ2v) is 6.02. The largest absolute Gasteiger partial charge is 0.573 e. The first-order valence-corrected chi connectivity index (χ1v) is 8.46. The molecule has 1 atom stereocenters. The van der Waals surface area contributed by atoms with E-state index in [4.69, 9.17) is 4.74 Å². The summed E-state index contributed by atoms with van der Waals surface area (Å²) in [5.41, 5.74) is 1.31. The molecule has 7 nitrogen and oxygen atoms in total. The van der Waals surface area contributed by atoms with Crippen molar-refractivity contribution in [2.45, 2.75) is 26.3 Å². The van der Waals surface area contributed by atoms with Gasteiger partial charge in [-0.2, -0.15) is 0 Å². The minimum Gasteiger partial charge on any atom is -0.495 e. The standard InChI is InChI=1S/C19H20F3N3O4/c1-11(23-16-10-14(24-12(2)26)6-9-17(16)28-3)18(27)25-13-4-7-15(8-5-13)29-19(20,21)22/h4-11,23H,1-3H3,(H,24,26)(H,25,27)/t11-/m1/s1. The van der Waals surface area contributed by atoms with Crippen LogP contribution in [0.4, 0.5) is 30.2 Å². The minimum absolute atomic E-state index is 0.246. The van der Waals surface area contributed by atoms with Crippen molar-refractivity contribution in [2.75, 3.05) is 23.1 Å². The van der Waals surface area contributed by atoms with Gasteiger partial charge >= 0.3 is 6.36 Å². The fourth-order valence-corrected chi connectivity index (χ4v) is 2.39. The Morgan fingerprint density at radius 2 is 1.62 bits per heavy atom. The number of nitrogens with one attached hydrogen (secondary N) is 3. The Morgan fingerprint density at radius 1 is 1.00 bits per heavy atom. The summed E-state index contributed by atoms with van der Waals surface area (Å²) in [6.07, 6.45) is -4.78. The van der Waals surface area contributed by atoms with E-state index in [0.29, 0.717) is 22.8 Å². The molecule has 2 aromatic carbocycles. The highest BCUT2D eigenvalue weighted by Gasteiger charge is 2.31. The maximum absolute atomic E-state index is 12.4. The lowest BCUT2D eigenvalue weighted by Crippen LogP contribution is -2.32. The lowest BCUT2D eigenvalue weighted by Gasteiger charge is -2.18. The van der Waals surface area contributed by atoms with E-state index in [1.54, 1.807) is 25.1 Å². The number of hydrogen-bond acceptors (Lipinski definition) is 5. The number of benzene rings is 2. The highest BCUT2D eigenvalue weighted by Crippen LogP contribution is 2.29. The summed E-state index contributed by atoms with van der Waals surface area (Å²) in [7, 11) is 1.47. The molecule has 0 heterocycles. The van der Waals surface area contributed by atoms with Gasteiger partial charge in [-0.15, -0.1) is 13.2 Å². The third-order valence-electron chi connectivity index (χ3n) is 3.64. The van der Waals surface area contributed by atoms with Gasteiger partial charge in [0.25, 0.3) is 0 Å². The van der Waals surface area contributed by atoms with Crippen LogP contribution in [-0.2, 0) is 9.59 Å². The molecule has 10 heteroatoms. The molecule has 0 aliphatic rings. The average Bonchev–Trinajstić information content (AvgIpc) is 2.62. The van der Waals surface area contributed by atoms with Crippen LogP contribution in [0.15, 0.2) is 42.5 Å². The topological polar surface area (TPSA) is 88.7 Å². The van der Waals surface area contributed by atoms with E-state index in [-0.39, 0.29) is 11.7 Å². The molecule has 2 aromatic rings. The Bertz CT molecular complexity index is 870. The molecule has 0 aliphatic carbocycles. The first-order valence-electron chi connectivity index (χ1n) is 8.46. The normalized spacial score (nSPS) is 11.9. The number of halogens is 3. The van der Waals surface area contributed by atoms with E-state index in [2.05, 4.69) is 20.7 Å². The van der Waals surface area contributed by atoms with Crippen molar-refractivity contribution in [2.24, 2.45) is 0 Å². The number of rotatable bonds is 7. The van der Waals surface area contributed by atoms with E-state index in [1.807, 2.05) is 0 Å². The molecule has 0 spiro atoms. The highest BCUT2D eigenvalue weighted by molar-refractivity contribution is 5.97. The first kappa shape index (κ1) is 21.9. The summed E-state index contributed by atoms with van der Waals surface area (Å²) in [6, 6.07) is 8.98. The van der Waals surface area contributed by atoms with E-state index in [0.717, 1.165) is 12.1 Å². The predicted molar refractivity (Wildman–Crippen MR) is 102 cm³/mol. The predicted octanol–water partition coefficient (Wildman–Crippen LogP) is 3.99. The maximum atomic E-state index is 12.4. The number of hydrogen-bond donors (Lipinski definition) is 3. The van der Waals surface area contributed by atoms with E-state index in [9.17, 15) is 22.8 Å². The Hall–Kier alpha value is -3.43. The zero-order chi connectivity index (χ0) is 21.6. The quantitative estimate of drug-likeness (QED) is 0.641. The smallest absolute Gasteiger partial charge is 0.495 e. The Morgan fingerprint density at radius 3 is 2.17 bits per heavy atom. The van der Waals surface area contributed by atoms with Crippen molar-refractivity contribution in [3.05, 3.63) is 42.5 Å². The van der Waals surface area contributed by atoms with Gasteiger partial charge in [-0.25, -0.2) is 0 Å². The van der Waals surface area contributed by atoms with Crippen molar-refractivity contribution in [1.82, 2.24) is 0 Å². The number of ether oxygens (including phenoxy) is 2. The molecule has 2 amide bonds. The van der Waals surface area contributed by atoms with Crippen LogP contribution in [0.5, 0.6) is 11.5 Å². The number of carbonyl (C=O) groups is 2. The van der Waals surface area contributed by atoms with Crippen molar-refractivity contribution >= 4 is 28.9 Å². The van der Waals surface area contributed by atoms with Gasteiger partial charge in [0.15, 0.2) is 0 Å². The summed E-state index contributed by atoms with van der Waals surface area (Å²) < 4.78 is 45.6. The zero-order valence-corrected chi connectivity index (χ0v) is 15.9. The van der Waals surface area contributed by atoms with Gasteiger partial charge in [-0.05, 0) is 49.4 Å². The fourth-order valence-electron chi connectivity index (χ4n) is 2.39. The molecule has 29 heavy (non-hydrogen) atoms. The molecular formula is C19H20F3N3O4.